The van der Waals surface area contributed by atoms with Crippen molar-refractivity contribution < 1.29 is 26.7 Å². The molecular weight excluding hydrogens is 343 g/mol. The Labute approximate surface area is 140 Å². The van der Waals surface area contributed by atoms with Gasteiger partial charge in [0.25, 0.3) is 0 Å². The van der Waals surface area contributed by atoms with Crippen LogP contribution < -0.4 is 15.6 Å². The lowest BCUT2D eigenvalue weighted by Crippen LogP contribution is -2.37. The first-order valence-electron chi connectivity index (χ1n) is 7.56. The van der Waals surface area contributed by atoms with Crippen molar-refractivity contribution >= 4 is 0 Å². The Morgan fingerprint density at radius 1 is 1.16 bits per heavy atom. The van der Waals surface area contributed by atoms with Gasteiger partial charge in [0.05, 0.1) is 5.56 Å². The number of ether oxygens (including phenoxy) is 1. The lowest BCUT2D eigenvalue weighted by molar-refractivity contribution is -0.137. The molecule has 25 heavy (non-hydrogen) atoms. The molecule has 1 unspecified atom stereocenters. The van der Waals surface area contributed by atoms with Gasteiger partial charge in [0, 0.05) is 24.1 Å². The van der Waals surface area contributed by atoms with E-state index < -0.39 is 29.5 Å². The summed E-state index contributed by atoms with van der Waals surface area (Å²) in [5, 5.41) is 0. The van der Waals surface area contributed by atoms with Crippen LogP contribution in [0, 0.1) is 11.6 Å². The van der Waals surface area contributed by atoms with Gasteiger partial charge < -0.3 is 4.74 Å². The van der Waals surface area contributed by atoms with Crippen LogP contribution in [0.1, 0.15) is 11.1 Å². The van der Waals surface area contributed by atoms with Gasteiger partial charge in [-0.15, -0.1) is 0 Å². The van der Waals surface area contributed by atoms with Gasteiger partial charge in [-0.2, -0.15) is 13.2 Å². The summed E-state index contributed by atoms with van der Waals surface area (Å²) in [6.45, 7) is 0.345. The van der Waals surface area contributed by atoms with E-state index in [1.807, 2.05) is 0 Å². The van der Waals surface area contributed by atoms with Crippen molar-refractivity contribution in [3.63, 3.8) is 0 Å². The number of nitrogens with one attached hydrogen (secondary N) is 2. The van der Waals surface area contributed by atoms with Crippen LogP contribution in [-0.2, 0) is 12.6 Å². The molecule has 8 heteroatoms. The van der Waals surface area contributed by atoms with E-state index in [9.17, 15) is 22.0 Å². The lowest BCUT2D eigenvalue weighted by Gasteiger charge is -2.15. The number of rotatable bonds is 4. The fourth-order valence-corrected chi connectivity index (χ4v) is 2.84. The minimum Gasteiger partial charge on any atom is -0.488 e. The van der Waals surface area contributed by atoms with Crippen LogP contribution in [-0.4, -0.2) is 19.7 Å². The maximum Gasteiger partial charge on any atom is 0.416 e. The molecule has 3 nitrogen and oxygen atoms in total. The Hall–Kier alpha value is -2.19. The quantitative estimate of drug-likeness (QED) is 0.646. The molecule has 0 fully saturated rings. The van der Waals surface area contributed by atoms with Crippen LogP contribution >= 0.6 is 0 Å². The van der Waals surface area contributed by atoms with E-state index >= 15 is 0 Å². The molecule has 0 bridgehead atoms. The summed E-state index contributed by atoms with van der Waals surface area (Å²) < 4.78 is 73.0. The minimum atomic E-state index is -4.60. The topological polar surface area (TPSA) is 33.3 Å². The van der Waals surface area contributed by atoms with Crippen molar-refractivity contribution in [1.82, 2.24) is 10.9 Å². The molecule has 0 amide bonds. The zero-order chi connectivity index (χ0) is 18.2. The fraction of sp³-hybridized carbons (Fsp3) is 0.294. The third kappa shape index (κ3) is 3.45. The van der Waals surface area contributed by atoms with Gasteiger partial charge in [0.15, 0.2) is 11.6 Å². The highest BCUT2D eigenvalue weighted by atomic mass is 19.4. The average molecular weight is 358 g/mol. The highest BCUT2D eigenvalue weighted by Crippen LogP contribution is 2.44. The molecule has 2 N–H and O–H groups in total. The van der Waals surface area contributed by atoms with E-state index in [0.29, 0.717) is 12.1 Å². The summed E-state index contributed by atoms with van der Waals surface area (Å²) in [5.41, 5.74) is 4.55. The molecule has 1 aliphatic rings. The van der Waals surface area contributed by atoms with E-state index in [1.165, 1.54) is 12.1 Å². The number of hydrazine groups is 1. The predicted molar refractivity (Wildman–Crippen MR) is 82.0 cm³/mol. The smallest absolute Gasteiger partial charge is 0.416 e. The Bertz CT molecular complexity index is 791. The monoisotopic (exact) mass is 358 g/mol. The van der Waals surface area contributed by atoms with Gasteiger partial charge in [0.2, 0.25) is 0 Å². The summed E-state index contributed by atoms with van der Waals surface area (Å²) in [7, 11) is 1.65. The number of benzene rings is 2. The van der Waals surface area contributed by atoms with Gasteiger partial charge in [-0.25, -0.2) is 8.78 Å². The van der Waals surface area contributed by atoms with Crippen LogP contribution in [0.3, 0.4) is 0 Å². The molecule has 1 atom stereocenters. The Balaban J connectivity index is 2.12. The normalized spacial score (nSPS) is 16.6. The highest BCUT2D eigenvalue weighted by molar-refractivity contribution is 5.74. The van der Waals surface area contributed by atoms with Crippen molar-refractivity contribution in [2.45, 2.75) is 18.7 Å². The summed E-state index contributed by atoms with van der Waals surface area (Å²) in [4.78, 5) is 0. The summed E-state index contributed by atoms with van der Waals surface area (Å²) >= 11 is 0. The fourth-order valence-electron chi connectivity index (χ4n) is 2.84. The van der Waals surface area contributed by atoms with Crippen molar-refractivity contribution in [3.8, 4) is 16.9 Å². The van der Waals surface area contributed by atoms with E-state index in [2.05, 4.69) is 10.9 Å². The molecule has 3 rings (SSSR count). The molecule has 0 aromatic heterocycles. The maximum absolute atomic E-state index is 14.1. The molecule has 1 aliphatic heterocycles. The molecule has 2 aromatic rings. The second-order valence-corrected chi connectivity index (χ2v) is 5.69. The summed E-state index contributed by atoms with van der Waals surface area (Å²) in [6, 6.07) is 5.18. The largest absolute Gasteiger partial charge is 0.488 e. The Kier molecular flexibility index (Phi) is 4.66. The van der Waals surface area contributed by atoms with Gasteiger partial charge in [-0.1, -0.05) is 12.1 Å². The molecule has 0 aliphatic carbocycles. The first kappa shape index (κ1) is 17.6. The maximum atomic E-state index is 14.1. The molecule has 0 spiro atoms. The van der Waals surface area contributed by atoms with Crippen LogP contribution in [0.2, 0.25) is 0 Å². The first-order valence-corrected chi connectivity index (χ1v) is 7.56. The number of hydrogen-bond acceptors (Lipinski definition) is 3. The third-order valence-corrected chi connectivity index (χ3v) is 3.97. The summed E-state index contributed by atoms with van der Waals surface area (Å²) in [6.07, 6.45) is -4.78. The lowest BCUT2D eigenvalue weighted by atomic mass is 9.96. The standard InChI is InChI=1S/C17H15F5N2O/c1-23-24-8-11-6-9-5-10(17(20,21)22)7-13(16(9)25-11)12-3-2-4-14(18)15(12)19/h2-5,7,11,23-24H,6,8H2,1H3. The number of fused-ring (bicyclic) bond motifs is 1. The molecule has 1 heterocycles. The van der Waals surface area contributed by atoms with Gasteiger partial charge in [-0.3, -0.25) is 10.9 Å². The van der Waals surface area contributed by atoms with Gasteiger partial charge in [0.1, 0.15) is 11.9 Å². The Morgan fingerprint density at radius 2 is 1.92 bits per heavy atom. The van der Waals surface area contributed by atoms with Crippen LogP contribution in [0.4, 0.5) is 22.0 Å². The zero-order valence-corrected chi connectivity index (χ0v) is 13.2. The van der Waals surface area contributed by atoms with E-state index in [1.54, 1.807) is 7.05 Å². The minimum absolute atomic E-state index is 0.103. The first-order chi connectivity index (χ1) is 11.8. The molecular formula is C17H15F5N2O. The molecule has 0 saturated carbocycles. The molecule has 2 aromatic carbocycles. The number of hydrogen-bond donors (Lipinski definition) is 2. The second kappa shape index (κ2) is 6.61. The van der Waals surface area contributed by atoms with Gasteiger partial charge in [-0.05, 0) is 30.8 Å². The van der Waals surface area contributed by atoms with E-state index in [4.69, 9.17) is 4.74 Å². The highest BCUT2D eigenvalue weighted by Gasteiger charge is 2.35. The van der Waals surface area contributed by atoms with E-state index in [-0.39, 0.29) is 23.3 Å². The summed E-state index contributed by atoms with van der Waals surface area (Å²) in [5.74, 6) is -2.18. The van der Waals surface area contributed by atoms with Crippen molar-refractivity contribution in [3.05, 3.63) is 53.1 Å². The average Bonchev–Trinajstić information content (AvgIpc) is 2.97. The van der Waals surface area contributed by atoms with Crippen LogP contribution in [0.25, 0.3) is 11.1 Å². The Morgan fingerprint density at radius 3 is 2.60 bits per heavy atom. The van der Waals surface area contributed by atoms with Crippen molar-refractivity contribution in [2.75, 3.05) is 13.6 Å². The molecule has 0 radical (unpaired) electrons. The number of alkyl halides is 3. The second-order valence-electron chi connectivity index (χ2n) is 5.69. The van der Waals surface area contributed by atoms with Crippen molar-refractivity contribution in [1.29, 1.82) is 0 Å². The molecule has 0 saturated heterocycles. The van der Waals surface area contributed by atoms with E-state index in [0.717, 1.165) is 18.2 Å². The van der Waals surface area contributed by atoms with Gasteiger partial charge >= 0.3 is 6.18 Å². The van der Waals surface area contributed by atoms with Crippen LogP contribution in [0.5, 0.6) is 5.75 Å². The van der Waals surface area contributed by atoms with Crippen LogP contribution in [0.15, 0.2) is 30.3 Å². The number of halogens is 5. The SMILES string of the molecule is CNNCC1Cc2cc(C(F)(F)F)cc(-c3cccc(F)c3F)c2O1. The van der Waals surface area contributed by atoms with Crippen molar-refractivity contribution in [2.24, 2.45) is 0 Å². The predicted octanol–water partition coefficient (Wildman–Crippen LogP) is 3.68. The molecule has 134 valence electrons. The third-order valence-electron chi connectivity index (χ3n) is 3.97. The zero-order valence-electron chi connectivity index (χ0n) is 13.2.